The van der Waals surface area contributed by atoms with Crippen LogP contribution in [0.3, 0.4) is 0 Å². The molecule has 0 spiro atoms. The van der Waals surface area contributed by atoms with Crippen molar-refractivity contribution in [2.45, 2.75) is 45.3 Å². The van der Waals surface area contributed by atoms with Crippen molar-refractivity contribution < 1.29 is 14.4 Å². The number of ether oxygens (including phenoxy) is 1. The molecule has 2 aliphatic rings. The molecule has 0 bridgehead atoms. The summed E-state index contributed by atoms with van der Waals surface area (Å²) in [4.78, 5) is 22.2. The first-order valence-electron chi connectivity index (χ1n) is 10.3. The molecule has 0 aromatic heterocycles. The van der Waals surface area contributed by atoms with Gasteiger partial charge in [-0.3, -0.25) is 9.69 Å². The summed E-state index contributed by atoms with van der Waals surface area (Å²) in [7, 11) is 0. The lowest BCUT2D eigenvalue weighted by Crippen LogP contribution is -2.39. The van der Waals surface area contributed by atoms with Crippen LogP contribution < -0.4 is 5.73 Å². The van der Waals surface area contributed by atoms with Gasteiger partial charge in [0.1, 0.15) is 0 Å². The zero-order valence-corrected chi connectivity index (χ0v) is 16.8. The standard InChI is InChI=1S/C21H32N4O3/c1-17(21(26)25-9-4-2-3-5-10-25)28-23-20(22)19-8-6-7-18(15-19)16-24-11-13-27-14-12-24/h6-8,15,17H,2-5,9-14,16H2,1H3,(H2,22,23). The van der Waals surface area contributed by atoms with E-state index in [9.17, 15) is 4.79 Å². The third-order valence-corrected chi connectivity index (χ3v) is 5.31. The summed E-state index contributed by atoms with van der Waals surface area (Å²) >= 11 is 0. The fourth-order valence-corrected chi connectivity index (χ4v) is 3.63. The maximum atomic E-state index is 12.6. The van der Waals surface area contributed by atoms with E-state index < -0.39 is 6.10 Å². The maximum absolute atomic E-state index is 12.6. The SMILES string of the molecule is CC(ON=C(N)c1cccc(CN2CCOCC2)c1)C(=O)N1CCCCCC1. The number of carbonyl (C=O) groups excluding carboxylic acids is 1. The molecule has 7 nitrogen and oxygen atoms in total. The number of amides is 1. The first kappa shape index (κ1) is 20.6. The average Bonchev–Trinajstić information content (AvgIpc) is 3.01. The quantitative estimate of drug-likeness (QED) is 0.458. The van der Waals surface area contributed by atoms with E-state index in [4.69, 9.17) is 15.3 Å². The minimum absolute atomic E-state index is 0.0143. The van der Waals surface area contributed by atoms with Crippen LogP contribution in [0, 0.1) is 0 Å². The number of carbonyl (C=O) groups is 1. The topological polar surface area (TPSA) is 80.4 Å². The molecule has 2 saturated heterocycles. The number of rotatable bonds is 6. The molecule has 154 valence electrons. The molecule has 2 heterocycles. The van der Waals surface area contributed by atoms with Gasteiger partial charge in [-0.1, -0.05) is 36.2 Å². The Hall–Kier alpha value is -2.12. The Morgan fingerprint density at radius 1 is 1.18 bits per heavy atom. The van der Waals surface area contributed by atoms with Gasteiger partial charge in [-0.25, -0.2) is 0 Å². The van der Waals surface area contributed by atoms with E-state index in [0.29, 0.717) is 5.84 Å². The summed E-state index contributed by atoms with van der Waals surface area (Å²) < 4.78 is 5.40. The molecule has 1 aromatic carbocycles. The highest BCUT2D eigenvalue weighted by Gasteiger charge is 2.23. The molecular formula is C21H32N4O3. The third-order valence-electron chi connectivity index (χ3n) is 5.31. The minimum Gasteiger partial charge on any atom is -0.381 e. The number of nitrogens with two attached hydrogens (primary N) is 1. The lowest BCUT2D eigenvalue weighted by Gasteiger charge is -2.26. The zero-order valence-electron chi connectivity index (χ0n) is 16.8. The Labute approximate surface area is 167 Å². The highest BCUT2D eigenvalue weighted by molar-refractivity contribution is 5.97. The lowest BCUT2D eigenvalue weighted by atomic mass is 10.1. The van der Waals surface area contributed by atoms with Crippen molar-refractivity contribution in [1.82, 2.24) is 9.80 Å². The van der Waals surface area contributed by atoms with Gasteiger partial charge in [-0.15, -0.1) is 0 Å². The van der Waals surface area contributed by atoms with Crippen LogP contribution in [0.1, 0.15) is 43.7 Å². The molecule has 2 aliphatic heterocycles. The Bertz CT molecular complexity index is 665. The number of morpholine rings is 1. The first-order chi connectivity index (χ1) is 13.6. The van der Waals surface area contributed by atoms with Gasteiger partial charge in [-0.05, 0) is 31.4 Å². The molecule has 2 fully saturated rings. The van der Waals surface area contributed by atoms with E-state index in [-0.39, 0.29) is 5.91 Å². The monoisotopic (exact) mass is 388 g/mol. The third kappa shape index (κ3) is 5.94. The smallest absolute Gasteiger partial charge is 0.266 e. The largest absolute Gasteiger partial charge is 0.381 e. The number of likely N-dealkylation sites (tertiary alicyclic amines) is 1. The van der Waals surface area contributed by atoms with Gasteiger partial charge in [0.15, 0.2) is 5.84 Å². The molecule has 0 saturated carbocycles. The number of amidine groups is 1. The minimum atomic E-state index is -0.631. The number of nitrogens with zero attached hydrogens (tertiary/aromatic N) is 3. The van der Waals surface area contributed by atoms with E-state index in [0.717, 1.165) is 64.3 Å². The molecule has 1 amide bonds. The van der Waals surface area contributed by atoms with Crippen molar-refractivity contribution in [1.29, 1.82) is 0 Å². The lowest BCUT2D eigenvalue weighted by molar-refractivity contribution is -0.142. The van der Waals surface area contributed by atoms with Crippen molar-refractivity contribution in [3.63, 3.8) is 0 Å². The van der Waals surface area contributed by atoms with Gasteiger partial charge in [0.2, 0.25) is 6.10 Å². The van der Waals surface area contributed by atoms with E-state index in [1.54, 1.807) is 6.92 Å². The van der Waals surface area contributed by atoms with Crippen molar-refractivity contribution in [3.05, 3.63) is 35.4 Å². The second kappa shape index (κ2) is 10.4. The Morgan fingerprint density at radius 2 is 1.89 bits per heavy atom. The molecular weight excluding hydrogens is 356 g/mol. The van der Waals surface area contributed by atoms with Crippen molar-refractivity contribution in [2.24, 2.45) is 10.9 Å². The normalized spacial score (nSPS) is 20.5. The highest BCUT2D eigenvalue weighted by Crippen LogP contribution is 2.13. The van der Waals surface area contributed by atoms with Crippen molar-refractivity contribution in [2.75, 3.05) is 39.4 Å². The summed E-state index contributed by atoms with van der Waals surface area (Å²) in [6.07, 6.45) is 3.85. The predicted octanol–water partition coefficient (Wildman–Crippen LogP) is 1.95. The second-order valence-electron chi connectivity index (χ2n) is 7.55. The van der Waals surface area contributed by atoms with E-state index >= 15 is 0 Å². The summed E-state index contributed by atoms with van der Waals surface area (Å²) in [6.45, 7) is 7.62. The summed E-state index contributed by atoms with van der Waals surface area (Å²) in [5, 5.41) is 4.03. The van der Waals surface area contributed by atoms with Crippen LogP contribution in [-0.2, 0) is 20.9 Å². The van der Waals surface area contributed by atoms with Crippen LogP contribution in [0.25, 0.3) is 0 Å². The maximum Gasteiger partial charge on any atom is 0.266 e. The Kier molecular flexibility index (Phi) is 7.68. The van der Waals surface area contributed by atoms with Gasteiger partial charge in [0, 0.05) is 38.3 Å². The molecule has 2 N–H and O–H groups in total. The van der Waals surface area contributed by atoms with E-state index in [1.807, 2.05) is 23.1 Å². The molecule has 7 heteroatoms. The van der Waals surface area contributed by atoms with Gasteiger partial charge in [-0.2, -0.15) is 0 Å². The summed E-state index contributed by atoms with van der Waals surface area (Å²) in [6, 6.07) is 7.99. The van der Waals surface area contributed by atoms with Crippen LogP contribution in [0.4, 0.5) is 0 Å². The molecule has 3 rings (SSSR count). The molecule has 1 aromatic rings. The molecule has 28 heavy (non-hydrogen) atoms. The van der Waals surface area contributed by atoms with Gasteiger partial charge < -0.3 is 20.2 Å². The summed E-state index contributed by atoms with van der Waals surface area (Å²) in [5.41, 5.74) is 8.09. The fourth-order valence-electron chi connectivity index (χ4n) is 3.63. The number of oxime groups is 1. The van der Waals surface area contributed by atoms with Crippen molar-refractivity contribution >= 4 is 11.7 Å². The van der Waals surface area contributed by atoms with Crippen LogP contribution in [0.5, 0.6) is 0 Å². The van der Waals surface area contributed by atoms with Crippen LogP contribution in [0.15, 0.2) is 29.4 Å². The average molecular weight is 389 g/mol. The number of benzene rings is 1. The van der Waals surface area contributed by atoms with Crippen LogP contribution in [-0.4, -0.2) is 67.0 Å². The predicted molar refractivity (Wildman–Crippen MR) is 109 cm³/mol. The first-order valence-corrected chi connectivity index (χ1v) is 10.3. The molecule has 1 unspecified atom stereocenters. The van der Waals surface area contributed by atoms with Crippen molar-refractivity contribution in [3.8, 4) is 0 Å². The number of hydrogen-bond acceptors (Lipinski definition) is 5. The van der Waals surface area contributed by atoms with Gasteiger partial charge >= 0.3 is 0 Å². The Morgan fingerprint density at radius 3 is 2.61 bits per heavy atom. The molecule has 0 radical (unpaired) electrons. The summed E-state index contributed by atoms with van der Waals surface area (Å²) in [5.74, 6) is 0.277. The molecule has 0 aliphatic carbocycles. The van der Waals surface area contributed by atoms with E-state index in [1.165, 1.54) is 18.4 Å². The zero-order chi connectivity index (χ0) is 19.8. The van der Waals surface area contributed by atoms with E-state index in [2.05, 4.69) is 16.1 Å². The van der Waals surface area contributed by atoms with Gasteiger partial charge in [0.25, 0.3) is 5.91 Å². The highest BCUT2D eigenvalue weighted by atomic mass is 16.6. The van der Waals surface area contributed by atoms with Crippen LogP contribution >= 0.6 is 0 Å². The molecule has 1 atom stereocenters. The Balaban J connectivity index is 1.56. The fraction of sp³-hybridized carbons (Fsp3) is 0.619. The number of hydrogen-bond donors (Lipinski definition) is 1. The second-order valence-corrected chi connectivity index (χ2v) is 7.55. The van der Waals surface area contributed by atoms with Gasteiger partial charge in [0.05, 0.1) is 13.2 Å². The van der Waals surface area contributed by atoms with Crippen LogP contribution in [0.2, 0.25) is 0 Å².